The Morgan fingerprint density at radius 3 is 2.24 bits per heavy atom. The van der Waals surface area contributed by atoms with Crippen LogP contribution in [0.15, 0.2) is 85.3 Å². The zero-order chi connectivity index (χ0) is 20.1. The lowest BCUT2D eigenvalue weighted by Crippen LogP contribution is -2.11. The molecule has 0 bridgehead atoms. The third-order valence-electron chi connectivity index (χ3n) is 4.14. The van der Waals surface area contributed by atoms with E-state index in [-0.39, 0.29) is 5.91 Å². The van der Waals surface area contributed by atoms with E-state index in [9.17, 15) is 4.79 Å². The van der Waals surface area contributed by atoms with Gasteiger partial charge < -0.3 is 10.6 Å². The number of carbonyl (C=O) groups excluding carboxylic acids is 1. The van der Waals surface area contributed by atoms with Crippen LogP contribution in [0.3, 0.4) is 0 Å². The molecule has 0 aliphatic heterocycles. The van der Waals surface area contributed by atoms with Gasteiger partial charge in [0.15, 0.2) is 0 Å². The molecule has 2 aromatic carbocycles. The van der Waals surface area contributed by atoms with E-state index in [4.69, 9.17) is 11.6 Å². The van der Waals surface area contributed by atoms with Crippen molar-refractivity contribution < 1.29 is 4.79 Å². The first kappa shape index (κ1) is 18.6. The molecule has 7 heteroatoms. The van der Waals surface area contributed by atoms with E-state index in [1.54, 1.807) is 55.0 Å². The van der Waals surface area contributed by atoms with Gasteiger partial charge in [0.05, 0.1) is 5.69 Å². The molecule has 0 saturated heterocycles. The Bertz CT molecular complexity index is 1120. The summed E-state index contributed by atoms with van der Waals surface area (Å²) in [5.41, 5.74) is 3.75. The Morgan fingerprint density at radius 2 is 1.52 bits per heavy atom. The maximum absolute atomic E-state index is 12.3. The lowest BCUT2D eigenvalue weighted by atomic mass is 10.1. The summed E-state index contributed by atoms with van der Waals surface area (Å²) >= 11 is 5.94. The number of nitrogens with zero attached hydrogens (tertiary/aromatic N) is 3. The molecule has 1 amide bonds. The minimum atomic E-state index is -0.191. The van der Waals surface area contributed by atoms with Crippen LogP contribution in [0.5, 0.6) is 0 Å². The second-order valence-electron chi connectivity index (χ2n) is 6.16. The molecule has 6 nitrogen and oxygen atoms in total. The maximum Gasteiger partial charge on any atom is 0.255 e. The number of amides is 1. The van der Waals surface area contributed by atoms with Gasteiger partial charge in [0, 0.05) is 46.1 Å². The monoisotopic (exact) mass is 401 g/mol. The molecule has 0 atom stereocenters. The number of nitrogens with one attached hydrogen (secondary N) is 2. The fourth-order valence-electron chi connectivity index (χ4n) is 2.67. The molecule has 0 spiro atoms. The van der Waals surface area contributed by atoms with E-state index in [1.807, 2.05) is 30.3 Å². The van der Waals surface area contributed by atoms with Crippen LogP contribution in [0.2, 0.25) is 5.02 Å². The Hall–Kier alpha value is -3.77. The molecule has 142 valence electrons. The number of hydrogen-bond acceptors (Lipinski definition) is 5. The standard InChI is InChI=1S/C22H16ClN5O/c23-17-5-1-15(2-6-17)20-11-14-25-22(28-20)27-18-7-3-16(4-8-18)21(29)26-19-9-12-24-13-10-19/h1-14H,(H,24,26,29)(H,25,27,28). The largest absolute Gasteiger partial charge is 0.324 e. The van der Waals surface area contributed by atoms with Gasteiger partial charge in [0.2, 0.25) is 5.95 Å². The van der Waals surface area contributed by atoms with Crippen molar-refractivity contribution in [2.75, 3.05) is 10.6 Å². The van der Waals surface area contributed by atoms with Crippen LogP contribution in [0.1, 0.15) is 10.4 Å². The van der Waals surface area contributed by atoms with Gasteiger partial charge in [-0.05, 0) is 54.6 Å². The van der Waals surface area contributed by atoms with E-state index in [0.717, 1.165) is 16.9 Å². The normalized spacial score (nSPS) is 10.4. The summed E-state index contributed by atoms with van der Waals surface area (Å²) in [6.07, 6.45) is 4.94. The number of pyridine rings is 1. The van der Waals surface area contributed by atoms with Crippen molar-refractivity contribution in [3.05, 3.63) is 95.9 Å². The first-order valence-electron chi connectivity index (χ1n) is 8.85. The molecule has 4 rings (SSSR count). The summed E-state index contributed by atoms with van der Waals surface area (Å²) < 4.78 is 0. The number of anilines is 3. The van der Waals surface area contributed by atoms with Crippen molar-refractivity contribution in [3.8, 4) is 11.3 Å². The molecule has 2 N–H and O–H groups in total. The van der Waals surface area contributed by atoms with Crippen LogP contribution < -0.4 is 10.6 Å². The summed E-state index contributed by atoms with van der Waals surface area (Å²) in [5.74, 6) is 0.273. The molecule has 0 radical (unpaired) electrons. The fraction of sp³-hybridized carbons (Fsp3) is 0. The van der Waals surface area contributed by atoms with Crippen molar-refractivity contribution in [1.29, 1.82) is 0 Å². The molecule has 29 heavy (non-hydrogen) atoms. The predicted molar refractivity (Wildman–Crippen MR) is 114 cm³/mol. The average molecular weight is 402 g/mol. The number of rotatable bonds is 5. The fourth-order valence-corrected chi connectivity index (χ4v) is 2.80. The summed E-state index contributed by atoms with van der Waals surface area (Å²) in [6, 6.07) is 19.8. The zero-order valence-electron chi connectivity index (χ0n) is 15.2. The molecular weight excluding hydrogens is 386 g/mol. The Kier molecular flexibility index (Phi) is 5.45. The van der Waals surface area contributed by atoms with Gasteiger partial charge in [0.25, 0.3) is 5.91 Å². The Balaban J connectivity index is 1.45. The second kappa shape index (κ2) is 8.50. The Morgan fingerprint density at radius 1 is 0.793 bits per heavy atom. The van der Waals surface area contributed by atoms with Gasteiger partial charge >= 0.3 is 0 Å². The molecular formula is C22H16ClN5O. The van der Waals surface area contributed by atoms with Gasteiger partial charge in [-0.2, -0.15) is 0 Å². The highest BCUT2D eigenvalue weighted by Crippen LogP contribution is 2.21. The van der Waals surface area contributed by atoms with Gasteiger partial charge in [0.1, 0.15) is 0 Å². The SMILES string of the molecule is O=C(Nc1ccncc1)c1ccc(Nc2nccc(-c3ccc(Cl)cc3)n2)cc1. The van der Waals surface area contributed by atoms with Crippen LogP contribution >= 0.6 is 11.6 Å². The molecule has 0 unspecified atom stereocenters. The predicted octanol–water partition coefficient (Wildman–Crippen LogP) is 5.19. The minimum absolute atomic E-state index is 0.191. The second-order valence-corrected chi connectivity index (χ2v) is 6.60. The number of halogens is 1. The number of carbonyl (C=O) groups is 1. The quantitative estimate of drug-likeness (QED) is 0.481. The van der Waals surface area contributed by atoms with Gasteiger partial charge in [-0.25, -0.2) is 9.97 Å². The smallest absolute Gasteiger partial charge is 0.255 e. The van der Waals surface area contributed by atoms with E-state index < -0.39 is 0 Å². The third kappa shape index (κ3) is 4.75. The zero-order valence-corrected chi connectivity index (χ0v) is 16.0. The first-order chi connectivity index (χ1) is 14.2. The van der Waals surface area contributed by atoms with Gasteiger partial charge in [-0.15, -0.1) is 0 Å². The lowest BCUT2D eigenvalue weighted by molar-refractivity contribution is 0.102. The van der Waals surface area contributed by atoms with Crippen LogP contribution in [-0.4, -0.2) is 20.9 Å². The molecule has 0 aliphatic carbocycles. The van der Waals surface area contributed by atoms with Crippen molar-refractivity contribution in [2.24, 2.45) is 0 Å². The van der Waals surface area contributed by atoms with E-state index in [2.05, 4.69) is 25.6 Å². The van der Waals surface area contributed by atoms with Crippen LogP contribution in [0.4, 0.5) is 17.3 Å². The topological polar surface area (TPSA) is 79.8 Å². The average Bonchev–Trinajstić information content (AvgIpc) is 2.76. The van der Waals surface area contributed by atoms with Crippen LogP contribution in [-0.2, 0) is 0 Å². The van der Waals surface area contributed by atoms with E-state index in [1.165, 1.54) is 0 Å². The third-order valence-corrected chi connectivity index (χ3v) is 4.39. The van der Waals surface area contributed by atoms with Crippen molar-refractivity contribution in [3.63, 3.8) is 0 Å². The highest BCUT2D eigenvalue weighted by atomic mass is 35.5. The molecule has 0 fully saturated rings. The number of hydrogen-bond donors (Lipinski definition) is 2. The lowest BCUT2D eigenvalue weighted by Gasteiger charge is -2.08. The maximum atomic E-state index is 12.3. The Labute approximate surface area is 172 Å². The first-order valence-corrected chi connectivity index (χ1v) is 9.23. The van der Waals surface area contributed by atoms with E-state index in [0.29, 0.717) is 22.2 Å². The summed E-state index contributed by atoms with van der Waals surface area (Å²) in [4.78, 5) is 25.0. The molecule has 4 aromatic rings. The number of benzene rings is 2. The number of aromatic nitrogens is 3. The molecule has 0 saturated carbocycles. The summed E-state index contributed by atoms with van der Waals surface area (Å²) in [5, 5.41) is 6.65. The van der Waals surface area contributed by atoms with Crippen molar-refractivity contribution in [1.82, 2.24) is 15.0 Å². The molecule has 2 heterocycles. The minimum Gasteiger partial charge on any atom is -0.324 e. The van der Waals surface area contributed by atoms with Gasteiger partial charge in [-0.1, -0.05) is 23.7 Å². The highest BCUT2D eigenvalue weighted by molar-refractivity contribution is 6.30. The van der Waals surface area contributed by atoms with Crippen LogP contribution in [0.25, 0.3) is 11.3 Å². The van der Waals surface area contributed by atoms with Crippen molar-refractivity contribution >= 4 is 34.8 Å². The van der Waals surface area contributed by atoms with E-state index >= 15 is 0 Å². The molecule has 0 aliphatic rings. The van der Waals surface area contributed by atoms with Crippen LogP contribution in [0, 0.1) is 0 Å². The van der Waals surface area contributed by atoms with Crippen molar-refractivity contribution in [2.45, 2.75) is 0 Å². The summed E-state index contributed by atoms with van der Waals surface area (Å²) in [6.45, 7) is 0. The summed E-state index contributed by atoms with van der Waals surface area (Å²) in [7, 11) is 0. The highest BCUT2D eigenvalue weighted by Gasteiger charge is 2.07. The molecule has 2 aromatic heterocycles. The van der Waals surface area contributed by atoms with Gasteiger partial charge in [-0.3, -0.25) is 9.78 Å².